The average molecular weight is 428 g/mol. The molecule has 6 nitrogen and oxygen atoms in total. The van der Waals surface area contributed by atoms with Crippen molar-refractivity contribution in [3.63, 3.8) is 0 Å². The van der Waals surface area contributed by atoms with Crippen LogP contribution >= 0.6 is 0 Å². The first-order chi connectivity index (χ1) is 15.7. The predicted octanol–water partition coefficient (Wildman–Crippen LogP) is 4.30. The summed E-state index contributed by atoms with van der Waals surface area (Å²) in [7, 11) is 0. The minimum atomic E-state index is 0.0463. The molecule has 3 aliphatic carbocycles. The number of aromatic amines is 1. The van der Waals surface area contributed by atoms with Gasteiger partial charge >= 0.3 is 6.03 Å². The van der Waals surface area contributed by atoms with Crippen LogP contribution in [0.3, 0.4) is 0 Å². The monoisotopic (exact) mass is 427 g/mol. The fourth-order valence-electron chi connectivity index (χ4n) is 6.20. The van der Waals surface area contributed by atoms with Crippen molar-refractivity contribution >= 4 is 6.03 Å². The Bertz CT molecular complexity index is 1110. The Morgan fingerprint density at radius 2 is 1.78 bits per heavy atom. The lowest BCUT2D eigenvalue weighted by Crippen LogP contribution is -2.47. The molecule has 0 spiro atoms. The Kier molecular flexibility index (Phi) is 4.74. The summed E-state index contributed by atoms with van der Waals surface area (Å²) in [6, 6.07) is 17.8. The van der Waals surface area contributed by atoms with Gasteiger partial charge in [0.15, 0.2) is 5.82 Å². The van der Waals surface area contributed by atoms with E-state index in [1.54, 1.807) is 0 Å². The number of amides is 2. The van der Waals surface area contributed by atoms with Gasteiger partial charge in [-0.3, -0.25) is 5.10 Å². The van der Waals surface area contributed by atoms with Crippen molar-refractivity contribution in [1.82, 2.24) is 25.4 Å². The van der Waals surface area contributed by atoms with E-state index in [2.05, 4.69) is 69.0 Å². The smallest absolute Gasteiger partial charge is 0.317 e. The number of carbonyl (C=O) groups is 1. The molecule has 1 saturated heterocycles. The second-order valence-electron chi connectivity index (χ2n) is 9.53. The second kappa shape index (κ2) is 7.76. The van der Waals surface area contributed by atoms with E-state index in [4.69, 9.17) is 0 Å². The van der Waals surface area contributed by atoms with Crippen LogP contribution in [0.5, 0.6) is 0 Å². The van der Waals surface area contributed by atoms with Gasteiger partial charge in [0.2, 0.25) is 0 Å². The zero-order valence-electron chi connectivity index (χ0n) is 18.4. The summed E-state index contributed by atoms with van der Waals surface area (Å²) >= 11 is 0. The van der Waals surface area contributed by atoms with Crippen LogP contribution in [0.1, 0.15) is 70.9 Å². The molecule has 32 heavy (non-hydrogen) atoms. The lowest BCUT2D eigenvalue weighted by atomic mass is 9.59. The molecular formula is C26H29N5O. The van der Waals surface area contributed by atoms with Gasteiger partial charge in [-0.25, -0.2) is 9.78 Å². The van der Waals surface area contributed by atoms with E-state index in [9.17, 15) is 4.79 Å². The molecule has 2 bridgehead atoms. The Morgan fingerprint density at radius 3 is 2.44 bits per heavy atom. The molecule has 2 aromatic carbocycles. The van der Waals surface area contributed by atoms with E-state index in [-0.39, 0.29) is 11.9 Å². The predicted molar refractivity (Wildman–Crippen MR) is 123 cm³/mol. The molecular weight excluding hydrogens is 398 g/mol. The van der Waals surface area contributed by atoms with Crippen molar-refractivity contribution in [3.05, 3.63) is 82.4 Å². The minimum Gasteiger partial charge on any atom is -0.338 e. The normalized spacial score (nSPS) is 25.8. The van der Waals surface area contributed by atoms with Gasteiger partial charge in [0.05, 0.1) is 0 Å². The number of fused-ring (bicyclic) bond motifs is 1. The van der Waals surface area contributed by atoms with Crippen molar-refractivity contribution in [2.75, 3.05) is 19.6 Å². The summed E-state index contributed by atoms with van der Waals surface area (Å²) < 4.78 is 0. The summed E-state index contributed by atoms with van der Waals surface area (Å²) in [5, 5.41) is 10.5. The maximum absolute atomic E-state index is 13.1. The van der Waals surface area contributed by atoms with Crippen LogP contribution in [0.15, 0.2) is 48.5 Å². The topological polar surface area (TPSA) is 73.9 Å². The summed E-state index contributed by atoms with van der Waals surface area (Å²) in [6.07, 6.45) is 3.11. The number of hydrogen-bond donors (Lipinski definition) is 2. The summed E-state index contributed by atoms with van der Waals surface area (Å²) in [4.78, 5) is 19.5. The van der Waals surface area contributed by atoms with E-state index in [0.717, 1.165) is 37.5 Å². The Hall–Kier alpha value is -3.15. The molecule has 1 fully saturated rings. The maximum Gasteiger partial charge on any atom is 0.317 e. The molecule has 4 aliphatic rings. The quantitative estimate of drug-likeness (QED) is 0.655. The number of nitrogens with one attached hydrogen (secondary N) is 2. The highest BCUT2D eigenvalue weighted by molar-refractivity contribution is 5.74. The molecule has 2 atom stereocenters. The molecule has 1 aromatic heterocycles. The van der Waals surface area contributed by atoms with Gasteiger partial charge in [-0.05, 0) is 54.4 Å². The van der Waals surface area contributed by atoms with Crippen molar-refractivity contribution in [1.29, 1.82) is 0 Å². The molecule has 6 heteroatoms. The first-order valence-corrected chi connectivity index (χ1v) is 11.8. The summed E-state index contributed by atoms with van der Waals surface area (Å²) in [5.74, 6) is 3.09. The zero-order chi connectivity index (χ0) is 21.7. The second-order valence-corrected chi connectivity index (χ2v) is 9.53. The summed E-state index contributed by atoms with van der Waals surface area (Å²) in [5.41, 5.74) is 5.83. The third-order valence-corrected chi connectivity index (χ3v) is 7.63. The van der Waals surface area contributed by atoms with E-state index in [1.807, 2.05) is 11.8 Å². The number of piperidine rings is 1. The van der Waals surface area contributed by atoms with Crippen LogP contribution in [-0.4, -0.2) is 45.7 Å². The van der Waals surface area contributed by atoms with Gasteiger partial charge in [0.1, 0.15) is 5.82 Å². The SMILES string of the molecule is Cc1nc(C2CCCN(C(=O)NCC3CC4c5ccccc5C3c3ccccc34)C2)n[nH]1. The van der Waals surface area contributed by atoms with Gasteiger partial charge in [0, 0.05) is 37.4 Å². The van der Waals surface area contributed by atoms with Gasteiger partial charge < -0.3 is 10.2 Å². The number of H-pyrrole nitrogens is 1. The first-order valence-electron chi connectivity index (χ1n) is 11.8. The Balaban J connectivity index is 1.17. The Labute approximate surface area is 188 Å². The van der Waals surface area contributed by atoms with Crippen LogP contribution in [0.25, 0.3) is 0 Å². The zero-order valence-corrected chi connectivity index (χ0v) is 18.4. The highest BCUT2D eigenvalue weighted by atomic mass is 16.2. The molecule has 164 valence electrons. The number of carbonyl (C=O) groups excluding carboxylic acids is 1. The van der Waals surface area contributed by atoms with Crippen molar-refractivity contribution in [2.24, 2.45) is 5.92 Å². The van der Waals surface area contributed by atoms with Crippen molar-refractivity contribution in [3.8, 4) is 0 Å². The lowest BCUT2D eigenvalue weighted by molar-refractivity contribution is 0.175. The number of hydrogen-bond acceptors (Lipinski definition) is 3. The van der Waals surface area contributed by atoms with Gasteiger partial charge in [-0.1, -0.05) is 48.5 Å². The number of nitrogens with zero attached hydrogens (tertiary/aromatic N) is 3. The van der Waals surface area contributed by atoms with E-state index in [0.29, 0.717) is 30.8 Å². The first kappa shape index (κ1) is 19.5. The highest BCUT2D eigenvalue weighted by Gasteiger charge is 2.43. The van der Waals surface area contributed by atoms with Crippen LogP contribution in [0.4, 0.5) is 4.79 Å². The van der Waals surface area contributed by atoms with E-state index < -0.39 is 0 Å². The number of rotatable bonds is 3. The van der Waals surface area contributed by atoms with E-state index in [1.165, 1.54) is 22.3 Å². The molecule has 7 rings (SSSR count). The molecule has 3 aromatic rings. The molecule has 1 aliphatic heterocycles. The summed E-state index contributed by atoms with van der Waals surface area (Å²) in [6.45, 7) is 4.11. The maximum atomic E-state index is 13.1. The minimum absolute atomic E-state index is 0.0463. The molecule has 2 unspecified atom stereocenters. The Morgan fingerprint density at radius 1 is 1.09 bits per heavy atom. The van der Waals surface area contributed by atoms with Crippen LogP contribution in [-0.2, 0) is 0 Å². The number of benzene rings is 2. The number of aryl methyl sites for hydroxylation is 1. The van der Waals surface area contributed by atoms with Crippen LogP contribution in [0.2, 0.25) is 0 Å². The third-order valence-electron chi connectivity index (χ3n) is 7.63. The number of aromatic nitrogens is 3. The fraction of sp³-hybridized carbons (Fsp3) is 0.423. The van der Waals surface area contributed by atoms with Crippen LogP contribution < -0.4 is 5.32 Å². The largest absolute Gasteiger partial charge is 0.338 e. The van der Waals surface area contributed by atoms with Gasteiger partial charge in [-0.15, -0.1) is 0 Å². The van der Waals surface area contributed by atoms with Crippen molar-refractivity contribution in [2.45, 2.75) is 43.9 Å². The third kappa shape index (κ3) is 3.20. The molecule has 0 saturated carbocycles. The highest BCUT2D eigenvalue weighted by Crippen LogP contribution is 2.55. The molecule has 2 amide bonds. The lowest BCUT2D eigenvalue weighted by Gasteiger charge is -2.45. The number of urea groups is 1. The number of likely N-dealkylation sites (tertiary alicyclic amines) is 1. The van der Waals surface area contributed by atoms with Gasteiger partial charge in [-0.2, -0.15) is 5.10 Å². The van der Waals surface area contributed by atoms with E-state index >= 15 is 0 Å². The molecule has 2 N–H and O–H groups in total. The standard InChI is InChI=1S/C26H29N5O/c1-16-28-25(30-29-16)17-7-6-12-31(15-17)26(32)27-14-18-13-23-19-8-2-4-10-21(19)24(18)22-11-5-3-9-20(22)23/h2-5,8-11,17-18,23-24H,6-7,12-15H2,1H3,(H,27,32)(H,28,29,30). The average Bonchev–Trinajstić information content (AvgIpc) is 3.29. The fourth-order valence-corrected chi connectivity index (χ4v) is 6.20. The van der Waals surface area contributed by atoms with Crippen molar-refractivity contribution < 1.29 is 4.79 Å². The molecule has 2 heterocycles. The van der Waals surface area contributed by atoms with Gasteiger partial charge in [0.25, 0.3) is 0 Å². The van der Waals surface area contributed by atoms with Crippen LogP contribution in [0, 0.1) is 12.8 Å². The molecule has 0 radical (unpaired) electrons.